The van der Waals surface area contributed by atoms with Crippen molar-refractivity contribution in [1.82, 2.24) is 30.0 Å². The van der Waals surface area contributed by atoms with Crippen molar-refractivity contribution in [3.8, 4) is 5.82 Å². The zero-order valence-electron chi connectivity index (χ0n) is 14.2. The number of hydrogen-bond acceptors (Lipinski definition) is 5. The van der Waals surface area contributed by atoms with E-state index in [0.717, 1.165) is 5.56 Å². The standard InChI is InChI=1S/C17H18N6O3/c1-11-13(16(25)22-17(26)21-11)5-6-14(24)19-10-12-4-2-7-18-15(12)23-9-3-8-20-23/h2-4,7-9H,5-6,10H2,1H3,(H,19,24)(H2,21,22,25,26). The number of hydrogen-bond donors (Lipinski definition) is 3. The third-order valence-corrected chi connectivity index (χ3v) is 3.92. The molecule has 1 amide bonds. The summed E-state index contributed by atoms with van der Waals surface area (Å²) in [6, 6.07) is 5.44. The predicted molar refractivity (Wildman–Crippen MR) is 93.9 cm³/mol. The molecule has 9 nitrogen and oxygen atoms in total. The van der Waals surface area contributed by atoms with E-state index in [4.69, 9.17) is 0 Å². The lowest BCUT2D eigenvalue weighted by atomic mass is 10.1. The second-order valence-corrected chi connectivity index (χ2v) is 5.73. The van der Waals surface area contributed by atoms with Crippen LogP contribution >= 0.6 is 0 Å². The van der Waals surface area contributed by atoms with Gasteiger partial charge in [-0.15, -0.1) is 0 Å². The van der Waals surface area contributed by atoms with Crippen molar-refractivity contribution in [3.63, 3.8) is 0 Å². The second kappa shape index (κ2) is 7.60. The minimum Gasteiger partial charge on any atom is -0.352 e. The van der Waals surface area contributed by atoms with Gasteiger partial charge in [0.1, 0.15) is 0 Å². The number of aromatic nitrogens is 5. The molecule has 0 aliphatic heterocycles. The van der Waals surface area contributed by atoms with Crippen LogP contribution in [0.15, 0.2) is 46.4 Å². The first-order chi connectivity index (χ1) is 12.5. The molecule has 3 N–H and O–H groups in total. The van der Waals surface area contributed by atoms with Crippen molar-refractivity contribution in [2.24, 2.45) is 0 Å². The van der Waals surface area contributed by atoms with E-state index in [0.29, 0.717) is 23.6 Å². The molecule has 3 heterocycles. The van der Waals surface area contributed by atoms with Crippen LogP contribution < -0.4 is 16.6 Å². The molecule has 0 aliphatic rings. The van der Waals surface area contributed by atoms with Gasteiger partial charge in [0, 0.05) is 48.4 Å². The van der Waals surface area contributed by atoms with Crippen LogP contribution in [0, 0.1) is 6.92 Å². The number of aryl methyl sites for hydroxylation is 1. The Morgan fingerprint density at radius 2 is 2.08 bits per heavy atom. The van der Waals surface area contributed by atoms with E-state index in [1.807, 2.05) is 6.07 Å². The smallest absolute Gasteiger partial charge is 0.325 e. The molecule has 0 unspecified atom stereocenters. The Balaban J connectivity index is 1.62. The van der Waals surface area contributed by atoms with Gasteiger partial charge in [-0.3, -0.25) is 14.6 Å². The molecule has 3 aromatic rings. The zero-order chi connectivity index (χ0) is 18.5. The predicted octanol–water partition coefficient (Wildman–Crippen LogP) is 0.201. The van der Waals surface area contributed by atoms with Crippen LogP contribution in [0.3, 0.4) is 0 Å². The van der Waals surface area contributed by atoms with Gasteiger partial charge in [-0.2, -0.15) is 5.10 Å². The minimum atomic E-state index is -0.552. The summed E-state index contributed by atoms with van der Waals surface area (Å²) in [4.78, 5) is 44.1. The summed E-state index contributed by atoms with van der Waals surface area (Å²) < 4.78 is 1.63. The SMILES string of the molecule is Cc1[nH]c(=O)[nH]c(=O)c1CCC(=O)NCc1cccnc1-n1cccn1. The third kappa shape index (κ3) is 3.94. The number of amides is 1. The molecular weight excluding hydrogens is 336 g/mol. The lowest BCUT2D eigenvalue weighted by molar-refractivity contribution is -0.121. The molecule has 0 fully saturated rings. The zero-order valence-corrected chi connectivity index (χ0v) is 14.2. The van der Waals surface area contributed by atoms with Crippen LogP contribution in [0.1, 0.15) is 23.2 Å². The normalized spacial score (nSPS) is 10.7. The van der Waals surface area contributed by atoms with Crippen LogP contribution in [0.2, 0.25) is 0 Å². The van der Waals surface area contributed by atoms with E-state index in [-0.39, 0.29) is 18.7 Å². The van der Waals surface area contributed by atoms with Gasteiger partial charge in [-0.1, -0.05) is 6.07 Å². The van der Waals surface area contributed by atoms with Crippen LogP contribution in [0.5, 0.6) is 0 Å². The first kappa shape index (κ1) is 17.3. The molecular formula is C17H18N6O3. The molecule has 134 valence electrons. The maximum atomic E-state index is 12.1. The third-order valence-electron chi connectivity index (χ3n) is 3.92. The van der Waals surface area contributed by atoms with E-state index in [2.05, 4.69) is 25.4 Å². The molecule has 0 aliphatic carbocycles. The number of H-pyrrole nitrogens is 2. The number of nitrogens with zero attached hydrogens (tertiary/aromatic N) is 3. The summed E-state index contributed by atoms with van der Waals surface area (Å²) in [5.41, 5.74) is 0.677. The summed E-state index contributed by atoms with van der Waals surface area (Å²) in [6.45, 7) is 1.93. The number of carbonyl (C=O) groups excluding carboxylic acids is 1. The quantitative estimate of drug-likeness (QED) is 0.583. The topological polar surface area (TPSA) is 126 Å². The average molecular weight is 354 g/mol. The molecule has 0 atom stereocenters. The van der Waals surface area contributed by atoms with Gasteiger partial charge in [0.2, 0.25) is 5.91 Å². The van der Waals surface area contributed by atoms with E-state index in [1.165, 1.54) is 0 Å². The lowest BCUT2D eigenvalue weighted by Gasteiger charge is -2.10. The molecule has 3 aromatic heterocycles. The summed E-state index contributed by atoms with van der Waals surface area (Å²) in [6.07, 6.45) is 5.46. The van der Waals surface area contributed by atoms with Gasteiger partial charge >= 0.3 is 5.69 Å². The van der Waals surface area contributed by atoms with Crippen molar-refractivity contribution < 1.29 is 4.79 Å². The van der Waals surface area contributed by atoms with Gasteiger partial charge in [0.15, 0.2) is 5.82 Å². The molecule has 0 bridgehead atoms. The van der Waals surface area contributed by atoms with E-state index >= 15 is 0 Å². The first-order valence-electron chi connectivity index (χ1n) is 8.07. The fourth-order valence-corrected chi connectivity index (χ4v) is 2.62. The van der Waals surface area contributed by atoms with E-state index < -0.39 is 11.2 Å². The number of aromatic amines is 2. The maximum absolute atomic E-state index is 12.1. The molecule has 3 rings (SSSR count). The van der Waals surface area contributed by atoms with Crippen molar-refractivity contribution in [1.29, 1.82) is 0 Å². The highest BCUT2D eigenvalue weighted by Gasteiger charge is 2.11. The summed E-state index contributed by atoms with van der Waals surface area (Å²) in [5.74, 6) is 0.441. The molecule has 9 heteroatoms. The number of pyridine rings is 1. The monoisotopic (exact) mass is 354 g/mol. The maximum Gasteiger partial charge on any atom is 0.325 e. The van der Waals surface area contributed by atoms with Crippen LogP contribution in [0.4, 0.5) is 0 Å². The molecule has 0 saturated heterocycles. The van der Waals surface area contributed by atoms with Crippen molar-refractivity contribution in [2.75, 3.05) is 0 Å². The Hall–Kier alpha value is -3.49. The second-order valence-electron chi connectivity index (χ2n) is 5.73. The van der Waals surface area contributed by atoms with Crippen LogP contribution in [-0.4, -0.2) is 30.6 Å². The van der Waals surface area contributed by atoms with Gasteiger partial charge in [0.25, 0.3) is 5.56 Å². The summed E-state index contributed by atoms with van der Waals surface area (Å²) in [7, 11) is 0. The first-order valence-corrected chi connectivity index (χ1v) is 8.07. The molecule has 0 spiro atoms. The molecule has 26 heavy (non-hydrogen) atoms. The highest BCUT2D eigenvalue weighted by molar-refractivity contribution is 5.76. The van der Waals surface area contributed by atoms with Crippen molar-refractivity contribution in [3.05, 3.63) is 74.4 Å². The lowest BCUT2D eigenvalue weighted by Crippen LogP contribution is -2.29. The van der Waals surface area contributed by atoms with Gasteiger partial charge in [0.05, 0.1) is 0 Å². The average Bonchev–Trinajstić information content (AvgIpc) is 3.13. The highest BCUT2D eigenvalue weighted by atomic mass is 16.2. The summed E-state index contributed by atoms with van der Waals surface area (Å²) in [5, 5.41) is 6.97. The van der Waals surface area contributed by atoms with Gasteiger partial charge in [-0.25, -0.2) is 14.5 Å². The Morgan fingerprint density at radius 3 is 2.81 bits per heavy atom. The Bertz CT molecular complexity index is 1020. The van der Waals surface area contributed by atoms with Crippen LogP contribution in [-0.2, 0) is 17.8 Å². The fourth-order valence-electron chi connectivity index (χ4n) is 2.62. The molecule has 0 aromatic carbocycles. The summed E-state index contributed by atoms with van der Waals surface area (Å²) >= 11 is 0. The number of nitrogens with one attached hydrogen (secondary N) is 3. The Kier molecular flexibility index (Phi) is 5.07. The van der Waals surface area contributed by atoms with Crippen LogP contribution in [0.25, 0.3) is 5.82 Å². The Labute approximate surface area is 148 Å². The van der Waals surface area contributed by atoms with E-state index in [9.17, 15) is 14.4 Å². The van der Waals surface area contributed by atoms with Gasteiger partial charge in [-0.05, 0) is 25.5 Å². The fraction of sp³-hybridized carbons (Fsp3) is 0.235. The minimum absolute atomic E-state index is 0.132. The van der Waals surface area contributed by atoms with E-state index in [1.54, 1.807) is 42.3 Å². The molecule has 0 radical (unpaired) electrons. The number of carbonyl (C=O) groups is 1. The molecule has 0 saturated carbocycles. The van der Waals surface area contributed by atoms with Crippen molar-refractivity contribution >= 4 is 5.91 Å². The highest BCUT2D eigenvalue weighted by Crippen LogP contribution is 2.10. The largest absolute Gasteiger partial charge is 0.352 e. The van der Waals surface area contributed by atoms with Crippen molar-refractivity contribution in [2.45, 2.75) is 26.3 Å². The number of rotatable bonds is 6. The van der Waals surface area contributed by atoms with Gasteiger partial charge < -0.3 is 10.3 Å². The Morgan fingerprint density at radius 1 is 1.23 bits per heavy atom.